The number of anilines is 1. The molecule has 2 aromatic carbocycles. The van der Waals surface area contributed by atoms with Crippen LogP contribution < -0.4 is 11.1 Å². The van der Waals surface area contributed by atoms with E-state index in [1.54, 1.807) is 35.0 Å². The van der Waals surface area contributed by atoms with E-state index in [4.69, 9.17) is 4.42 Å². The van der Waals surface area contributed by atoms with Crippen molar-refractivity contribution in [2.45, 2.75) is 18.1 Å². The summed E-state index contributed by atoms with van der Waals surface area (Å²) in [5.41, 5.74) is 2.54. The Balaban J connectivity index is 1.46. The molecule has 0 aliphatic rings. The van der Waals surface area contributed by atoms with Crippen LogP contribution in [-0.4, -0.2) is 36.9 Å². The van der Waals surface area contributed by atoms with E-state index in [2.05, 4.69) is 20.8 Å². The normalized spacial score (nSPS) is 11.0. The van der Waals surface area contributed by atoms with E-state index in [-0.39, 0.29) is 18.9 Å². The minimum atomic E-state index is -0.473. The Morgan fingerprint density at radius 3 is 2.93 bits per heavy atom. The van der Waals surface area contributed by atoms with E-state index in [1.807, 2.05) is 24.5 Å². The summed E-state index contributed by atoms with van der Waals surface area (Å²) < 4.78 is 8.23. The number of hydrogen-bond acceptors (Lipinski definition) is 7. The molecule has 142 valence electrons. The smallest absolute Gasteiger partial charge is 0.408 e. The number of amides is 1. The highest BCUT2D eigenvalue weighted by Gasteiger charge is 2.12. The molecule has 0 atom stereocenters. The quantitative estimate of drug-likeness (QED) is 0.498. The molecule has 4 aromatic rings. The summed E-state index contributed by atoms with van der Waals surface area (Å²) in [7, 11) is 0. The van der Waals surface area contributed by atoms with Crippen LogP contribution in [0, 0.1) is 0 Å². The van der Waals surface area contributed by atoms with Crippen molar-refractivity contribution in [3.8, 4) is 5.69 Å². The van der Waals surface area contributed by atoms with Crippen molar-refractivity contribution in [1.29, 1.82) is 0 Å². The average molecular weight is 396 g/mol. The molecule has 0 spiro atoms. The minimum absolute atomic E-state index is 0.134. The summed E-state index contributed by atoms with van der Waals surface area (Å²) in [6, 6.07) is 14.4. The highest BCUT2D eigenvalue weighted by molar-refractivity contribution is 7.98. The van der Waals surface area contributed by atoms with Gasteiger partial charge in [0.25, 0.3) is 0 Å². The highest BCUT2D eigenvalue weighted by atomic mass is 32.2. The molecule has 0 unspecified atom stereocenters. The SMILES string of the molecule is CSc1nnnn1-c1cccc(NC(=O)CCn2c(=O)oc3ccccc32)c1. The van der Waals surface area contributed by atoms with Crippen molar-refractivity contribution in [3.05, 3.63) is 59.1 Å². The van der Waals surface area contributed by atoms with Crippen LogP contribution in [0.15, 0.2) is 62.9 Å². The number of tetrazole rings is 1. The number of aryl methyl sites for hydroxylation is 1. The third-order valence-corrected chi connectivity index (χ3v) is 4.75. The number of thioether (sulfide) groups is 1. The number of carbonyl (C=O) groups excluding carboxylic acids is 1. The van der Waals surface area contributed by atoms with Crippen LogP contribution in [0.25, 0.3) is 16.8 Å². The molecule has 0 saturated heterocycles. The Morgan fingerprint density at radius 1 is 1.21 bits per heavy atom. The largest absolute Gasteiger partial charge is 0.419 e. The first kappa shape index (κ1) is 18.0. The fourth-order valence-corrected chi connectivity index (χ4v) is 3.28. The molecule has 0 aliphatic carbocycles. The van der Waals surface area contributed by atoms with Crippen LogP contribution in [-0.2, 0) is 11.3 Å². The Morgan fingerprint density at radius 2 is 2.07 bits per heavy atom. The third-order valence-electron chi connectivity index (χ3n) is 4.13. The van der Waals surface area contributed by atoms with Crippen LogP contribution in [0.2, 0.25) is 0 Å². The maximum Gasteiger partial charge on any atom is 0.419 e. The second kappa shape index (κ2) is 7.69. The van der Waals surface area contributed by atoms with E-state index in [1.165, 1.54) is 16.3 Å². The number of carbonyl (C=O) groups is 1. The molecule has 2 aromatic heterocycles. The Hall–Kier alpha value is -3.40. The predicted octanol–water partition coefficient (Wildman–Crippen LogP) is 2.32. The summed E-state index contributed by atoms with van der Waals surface area (Å²) in [6.07, 6.45) is 2.02. The lowest BCUT2D eigenvalue weighted by molar-refractivity contribution is -0.116. The van der Waals surface area contributed by atoms with E-state index < -0.39 is 5.76 Å². The van der Waals surface area contributed by atoms with Crippen LogP contribution >= 0.6 is 11.8 Å². The van der Waals surface area contributed by atoms with E-state index in [0.717, 1.165) is 5.69 Å². The van der Waals surface area contributed by atoms with Gasteiger partial charge < -0.3 is 9.73 Å². The molecule has 10 heteroatoms. The molecule has 2 heterocycles. The molecule has 4 rings (SSSR count). The summed E-state index contributed by atoms with van der Waals surface area (Å²) in [6.45, 7) is 0.227. The van der Waals surface area contributed by atoms with E-state index in [9.17, 15) is 9.59 Å². The lowest BCUT2D eigenvalue weighted by Gasteiger charge is -2.08. The van der Waals surface area contributed by atoms with Crippen molar-refractivity contribution in [2.75, 3.05) is 11.6 Å². The van der Waals surface area contributed by atoms with Crippen LogP contribution in [0.3, 0.4) is 0 Å². The Bertz CT molecular complexity index is 1200. The number of nitrogens with one attached hydrogen (secondary N) is 1. The van der Waals surface area contributed by atoms with Gasteiger partial charge in [-0.25, -0.2) is 4.79 Å². The van der Waals surface area contributed by atoms with Gasteiger partial charge in [0.05, 0.1) is 11.2 Å². The van der Waals surface area contributed by atoms with E-state index >= 15 is 0 Å². The number of aromatic nitrogens is 5. The molecular weight excluding hydrogens is 380 g/mol. The minimum Gasteiger partial charge on any atom is -0.408 e. The summed E-state index contributed by atoms with van der Waals surface area (Å²) in [5, 5.41) is 15.0. The molecule has 9 nitrogen and oxygen atoms in total. The molecule has 0 aliphatic heterocycles. The van der Waals surface area contributed by atoms with Gasteiger partial charge in [0.15, 0.2) is 5.58 Å². The fraction of sp³-hybridized carbons (Fsp3) is 0.167. The van der Waals surface area contributed by atoms with E-state index in [0.29, 0.717) is 21.9 Å². The van der Waals surface area contributed by atoms with Gasteiger partial charge in [0.1, 0.15) is 0 Å². The van der Waals surface area contributed by atoms with Gasteiger partial charge in [-0.2, -0.15) is 4.68 Å². The maximum atomic E-state index is 12.4. The second-order valence-electron chi connectivity index (χ2n) is 5.91. The molecule has 28 heavy (non-hydrogen) atoms. The van der Waals surface area contributed by atoms with Crippen LogP contribution in [0.4, 0.5) is 5.69 Å². The average Bonchev–Trinajstić information content (AvgIpc) is 3.30. The monoisotopic (exact) mass is 396 g/mol. The molecule has 0 bridgehead atoms. The van der Waals surface area contributed by atoms with Crippen molar-refractivity contribution in [2.24, 2.45) is 0 Å². The van der Waals surface area contributed by atoms with Crippen molar-refractivity contribution >= 4 is 34.5 Å². The lowest BCUT2D eigenvalue weighted by Crippen LogP contribution is -2.19. The standard InChI is InChI=1S/C18H16N6O3S/c1-28-17-20-21-22-24(17)13-6-4-5-12(11-13)19-16(25)9-10-23-14-7-2-3-8-15(14)27-18(23)26/h2-8,11H,9-10H2,1H3,(H,19,25). The van der Waals surface area contributed by atoms with Gasteiger partial charge in [-0.1, -0.05) is 30.0 Å². The van der Waals surface area contributed by atoms with Gasteiger partial charge >= 0.3 is 5.76 Å². The van der Waals surface area contributed by atoms with Crippen LogP contribution in [0.5, 0.6) is 0 Å². The van der Waals surface area contributed by atoms with Gasteiger partial charge in [0, 0.05) is 18.7 Å². The molecule has 0 fully saturated rings. The topological polar surface area (TPSA) is 108 Å². The molecule has 0 saturated carbocycles. The van der Waals surface area contributed by atoms with Crippen LogP contribution in [0.1, 0.15) is 6.42 Å². The number of para-hydroxylation sites is 2. The first-order chi connectivity index (χ1) is 13.7. The molecule has 1 N–H and O–H groups in total. The molecule has 1 amide bonds. The number of fused-ring (bicyclic) bond motifs is 1. The summed E-state index contributed by atoms with van der Waals surface area (Å²) in [4.78, 5) is 24.4. The number of benzene rings is 2. The van der Waals surface area contributed by atoms with Gasteiger partial charge in [0.2, 0.25) is 11.1 Å². The third kappa shape index (κ3) is 3.54. The van der Waals surface area contributed by atoms with Gasteiger partial charge in [-0.15, -0.1) is 5.10 Å². The zero-order chi connectivity index (χ0) is 19.5. The first-order valence-electron chi connectivity index (χ1n) is 8.47. The maximum absolute atomic E-state index is 12.4. The Labute approximate surface area is 163 Å². The highest BCUT2D eigenvalue weighted by Crippen LogP contribution is 2.19. The van der Waals surface area contributed by atoms with Crippen molar-refractivity contribution < 1.29 is 9.21 Å². The lowest BCUT2D eigenvalue weighted by atomic mass is 10.2. The summed E-state index contributed by atoms with van der Waals surface area (Å²) >= 11 is 1.42. The number of rotatable bonds is 6. The number of nitrogens with zero attached hydrogens (tertiary/aromatic N) is 5. The summed E-state index contributed by atoms with van der Waals surface area (Å²) in [5.74, 6) is -0.685. The molecular formula is C18H16N6O3S. The Kier molecular flexibility index (Phi) is 4.94. The zero-order valence-electron chi connectivity index (χ0n) is 14.9. The molecule has 0 radical (unpaired) electrons. The van der Waals surface area contributed by atoms with Gasteiger partial charge in [-0.05, 0) is 47.0 Å². The van der Waals surface area contributed by atoms with Gasteiger partial charge in [-0.3, -0.25) is 9.36 Å². The second-order valence-corrected chi connectivity index (χ2v) is 6.69. The van der Waals surface area contributed by atoms with Crippen molar-refractivity contribution in [1.82, 2.24) is 24.8 Å². The zero-order valence-corrected chi connectivity index (χ0v) is 15.7. The predicted molar refractivity (Wildman–Crippen MR) is 105 cm³/mol. The van der Waals surface area contributed by atoms with Crippen molar-refractivity contribution in [3.63, 3.8) is 0 Å². The number of hydrogen-bond donors (Lipinski definition) is 1. The number of oxazole rings is 1. The first-order valence-corrected chi connectivity index (χ1v) is 9.69. The fourth-order valence-electron chi connectivity index (χ4n) is 2.85.